The van der Waals surface area contributed by atoms with Crippen molar-refractivity contribution in [3.8, 4) is 17.2 Å². The quantitative estimate of drug-likeness (QED) is 0.721. The van der Waals surface area contributed by atoms with E-state index in [9.17, 15) is 0 Å². The molecule has 0 aliphatic heterocycles. The molecule has 2 rings (SSSR count). The molecule has 0 fully saturated rings. The molecule has 0 atom stereocenters. The van der Waals surface area contributed by atoms with E-state index >= 15 is 0 Å². The fourth-order valence-electron chi connectivity index (χ4n) is 2.01. The number of alkyl halides is 1. The maximum Gasteiger partial charge on any atom is 0.166 e. The summed E-state index contributed by atoms with van der Waals surface area (Å²) >= 11 is 12.0. The van der Waals surface area contributed by atoms with E-state index < -0.39 is 0 Å². The topological polar surface area (TPSA) is 27.7 Å². The molecule has 0 aliphatic rings. The highest BCUT2D eigenvalue weighted by molar-refractivity contribution is 6.31. The summed E-state index contributed by atoms with van der Waals surface area (Å²) < 4.78 is 16.5. The number of ether oxygens (including phenoxy) is 3. The fourth-order valence-corrected chi connectivity index (χ4v) is 2.44. The molecule has 0 aliphatic carbocycles. The maximum absolute atomic E-state index is 6.03. The standard InChI is InChI=1S/C16H16Cl2O3/c1-19-14-6-4-3-5-11(14)10-21-16-12(9-17)7-13(18)8-15(16)20-2/h3-8H,9-10H2,1-2H3. The number of benzene rings is 2. The predicted molar refractivity (Wildman–Crippen MR) is 84.9 cm³/mol. The SMILES string of the molecule is COc1ccccc1COc1c(CCl)cc(Cl)cc1OC. The second-order valence-electron chi connectivity index (χ2n) is 4.33. The van der Waals surface area contributed by atoms with Gasteiger partial charge in [-0.2, -0.15) is 0 Å². The summed E-state index contributed by atoms with van der Waals surface area (Å²) in [4.78, 5) is 0. The van der Waals surface area contributed by atoms with E-state index in [0.29, 0.717) is 23.1 Å². The number of rotatable bonds is 6. The van der Waals surface area contributed by atoms with E-state index in [2.05, 4.69) is 0 Å². The Morgan fingerprint density at radius 3 is 2.33 bits per heavy atom. The summed E-state index contributed by atoms with van der Waals surface area (Å²) in [5.41, 5.74) is 1.73. The van der Waals surface area contributed by atoms with Gasteiger partial charge in [-0.1, -0.05) is 29.8 Å². The van der Waals surface area contributed by atoms with E-state index in [1.807, 2.05) is 24.3 Å². The lowest BCUT2D eigenvalue weighted by molar-refractivity contribution is 0.276. The van der Waals surface area contributed by atoms with E-state index in [1.165, 1.54) is 0 Å². The highest BCUT2D eigenvalue weighted by Gasteiger charge is 2.13. The Bertz CT molecular complexity index is 589. The zero-order valence-electron chi connectivity index (χ0n) is 11.9. The Morgan fingerprint density at radius 1 is 0.952 bits per heavy atom. The molecule has 0 spiro atoms. The van der Waals surface area contributed by atoms with Gasteiger partial charge >= 0.3 is 0 Å². The van der Waals surface area contributed by atoms with Crippen molar-refractivity contribution in [3.63, 3.8) is 0 Å². The summed E-state index contributed by atoms with van der Waals surface area (Å²) in [7, 11) is 3.20. The normalized spacial score (nSPS) is 10.3. The van der Waals surface area contributed by atoms with Gasteiger partial charge in [0.05, 0.1) is 20.1 Å². The first-order valence-corrected chi connectivity index (χ1v) is 7.28. The number of para-hydroxylation sites is 1. The molecule has 0 N–H and O–H groups in total. The second-order valence-corrected chi connectivity index (χ2v) is 5.03. The van der Waals surface area contributed by atoms with Gasteiger partial charge in [-0.05, 0) is 12.1 Å². The molecular formula is C16H16Cl2O3. The molecule has 2 aromatic carbocycles. The van der Waals surface area contributed by atoms with E-state index in [4.69, 9.17) is 37.4 Å². The Hall–Kier alpha value is -1.58. The van der Waals surface area contributed by atoms with Crippen LogP contribution in [-0.4, -0.2) is 14.2 Å². The van der Waals surface area contributed by atoms with E-state index in [0.717, 1.165) is 16.9 Å². The molecule has 0 amide bonds. The van der Waals surface area contributed by atoms with Gasteiger partial charge in [-0.25, -0.2) is 0 Å². The number of hydrogen-bond acceptors (Lipinski definition) is 3. The Labute approximate surface area is 134 Å². The summed E-state index contributed by atoms with van der Waals surface area (Å²) in [5.74, 6) is 2.23. The largest absolute Gasteiger partial charge is 0.496 e. The molecule has 0 unspecified atom stereocenters. The molecule has 0 bridgehead atoms. The third-order valence-corrected chi connectivity index (χ3v) is 3.53. The van der Waals surface area contributed by atoms with Gasteiger partial charge in [0.15, 0.2) is 11.5 Å². The zero-order chi connectivity index (χ0) is 15.2. The number of halogens is 2. The Balaban J connectivity index is 2.27. The van der Waals surface area contributed by atoms with Crippen molar-refractivity contribution in [3.05, 3.63) is 52.5 Å². The molecule has 0 aromatic heterocycles. The summed E-state index contributed by atoms with van der Waals surface area (Å²) in [6.45, 7) is 0.353. The predicted octanol–water partition coefficient (Wildman–Crippen LogP) is 4.68. The molecule has 0 radical (unpaired) electrons. The Kier molecular flexibility index (Phi) is 5.59. The monoisotopic (exact) mass is 326 g/mol. The van der Waals surface area contributed by atoms with Gasteiger partial charge in [0.1, 0.15) is 12.4 Å². The van der Waals surface area contributed by atoms with Crippen molar-refractivity contribution >= 4 is 23.2 Å². The average molecular weight is 327 g/mol. The third-order valence-electron chi connectivity index (χ3n) is 3.02. The fraction of sp³-hybridized carbons (Fsp3) is 0.250. The molecule has 112 valence electrons. The van der Waals surface area contributed by atoms with Gasteiger partial charge in [-0.3, -0.25) is 0 Å². The molecule has 2 aromatic rings. The van der Waals surface area contributed by atoms with Crippen LogP contribution >= 0.6 is 23.2 Å². The van der Waals surface area contributed by atoms with Crippen molar-refractivity contribution < 1.29 is 14.2 Å². The molecule has 0 heterocycles. The van der Waals surface area contributed by atoms with Crippen molar-refractivity contribution in [2.24, 2.45) is 0 Å². The molecule has 5 heteroatoms. The van der Waals surface area contributed by atoms with Gasteiger partial charge in [-0.15, -0.1) is 11.6 Å². The summed E-state index contributed by atoms with van der Waals surface area (Å²) in [6, 6.07) is 11.2. The van der Waals surface area contributed by atoms with Crippen molar-refractivity contribution in [1.82, 2.24) is 0 Å². The molecular weight excluding hydrogens is 311 g/mol. The van der Waals surface area contributed by atoms with Crippen LogP contribution in [0.15, 0.2) is 36.4 Å². The lowest BCUT2D eigenvalue weighted by Crippen LogP contribution is -2.02. The second kappa shape index (κ2) is 7.43. The van der Waals surface area contributed by atoms with Crippen LogP contribution in [0.2, 0.25) is 5.02 Å². The van der Waals surface area contributed by atoms with Crippen LogP contribution in [0.3, 0.4) is 0 Å². The third kappa shape index (κ3) is 3.74. The van der Waals surface area contributed by atoms with Crippen molar-refractivity contribution in [1.29, 1.82) is 0 Å². The lowest BCUT2D eigenvalue weighted by Gasteiger charge is -2.15. The van der Waals surface area contributed by atoms with Crippen molar-refractivity contribution in [2.75, 3.05) is 14.2 Å². The van der Waals surface area contributed by atoms with Gasteiger partial charge in [0, 0.05) is 22.2 Å². The van der Waals surface area contributed by atoms with Gasteiger partial charge < -0.3 is 14.2 Å². The maximum atomic E-state index is 6.03. The highest BCUT2D eigenvalue weighted by atomic mass is 35.5. The minimum atomic E-state index is 0.290. The van der Waals surface area contributed by atoms with Gasteiger partial charge in [0.25, 0.3) is 0 Å². The van der Waals surface area contributed by atoms with Gasteiger partial charge in [0.2, 0.25) is 0 Å². The van der Waals surface area contributed by atoms with Crippen LogP contribution in [0.25, 0.3) is 0 Å². The van der Waals surface area contributed by atoms with Crippen LogP contribution in [0.5, 0.6) is 17.2 Å². The lowest BCUT2D eigenvalue weighted by atomic mass is 10.2. The van der Waals surface area contributed by atoms with E-state index in [-0.39, 0.29) is 5.88 Å². The average Bonchev–Trinajstić information content (AvgIpc) is 2.52. The Morgan fingerprint density at radius 2 is 1.67 bits per heavy atom. The summed E-state index contributed by atoms with van der Waals surface area (Å²) in [6.07, 6.45) is 0. The number of hydrogen-bond donors (Lipinski definition) is 0. The summed E-state index contributed by atoms with van der Waals surface area (Å²) in [5, 5.41) is 0.562. The van der Waals surface area contributed by atoms with Crippen LogP contribution < -0.4 is 14.2 Å². The molecule has 0 saturated carbocycles. The molecule has 21 heavy (non-hydrogen) atoms. The first kappa shape index (κ1) is 15.8. The highest BCUT2D eigenvalue weighted by Crippen LogP contribution is 2.36. The van der Waals surface area contributed by atoms with E-state index in [1.54, 1.807) is 26.4 Å². The van der Waals surface area contributed by atoms with Crippen LogP contribution in [0.1, 0.15) is 11.1 Å². The van der Waals surface area contributed by atoms with Crippen LogP contribution in [0.4, 0.5) is 0 Å². The van der Waals surface area contributed by atoms with Crippen molar-refractivity contribution in [2.45, 2.75) is 12.5 Å². The molecule has 0 saturated heterocycles. The minimum absolute atomic E-state index is 0.290. The first-order chi connectivity index (χ1) is 10.2. The first-order valence-electron chi connectivity index (χ1n) is 6.36. The molecule has 3 nitrogen and oxygen atoms in total. The smallest absolute Gasteiger partial charge is 0.166 e. The zero-order valence-corrected chi connectivity index (χ0v) is 13.4. The van der Waals surface area contributed by atoms with Crippen LogP contribution in [0, 0.1) is 0 Å². The minimum Gasteiger partial charge on any atom is -0.496 e. The number of methoxy groups -OCH3 is 2. The van der Waals surface area contributed by atoms with Crippen LogP contribution in [-0.2, 0) is 12.5 Å².